The van der Waals surface area contributed by atoms with Gasteiger partial charge in [0.1, 0.15) is 5.76 Å². The molecule has 3 heterocycles. The first kappa shape index (κ1) is 27.7. The van der Waals surface area contributed by atoms with Crippen molar-refractivity contribution in [2.45, 2.75) is 88.1 Å². The van der Waals surface area contributed by atoms with E-state index in [0.717, 1.165) is 43.5 Å². The number of piperidine rings is 1. The van der Waals surface area contributed by atoms with Gasteiger partial charge < -0.3 is 34.3 Å². The van der Waals surface area contributed by atoms with Gasteiger partial charge in [0.05, 0.1) is 19.1 Å². The van der Waals surface area contributed by atoms with Crippen molar-refractivity contribution < 1.29 is 43.9 Å². The number of ether oxygens (including phenoxy) is 4. The SMILES string of the molecule is COC1=C[C@H]2CCCN3CCc4cc5c(cc4[C@@H]([C@@H]23)[C@@H]1OC(=O)[C@@](O)(CCCC(C)(C)O)CC(=O)O)OCO5. The second-order valence-electron chi connectivity index (χ2n) is 11.9. The molecule has 1 saturated heterocycles. The summed E-state index contributed by atoms with van der Waals surface area (Å²) in [6, 6.07) is 4.02. The van der Waals surface area contributed by atoms with Gasteiger partial charge in [-0.05, 0) is 94.2 Å². The Morgan fingerprint density at radius 3 is 2.56 bits per heavy atom. The highest BCUT2D eigenvalue weighted by atomic mass is 16.7. The van der Waals surface area contributed by atoms with Crippen LogP contribution >= 0.6 is 0 Å². The number of carbonyl (C=O) groups excluding carboxylic acids is 1. The van der Waals surface area contributed by atoms with Crippen molar-refractivity contribution in [2.24, 2.45) is 5.92 Å². The van der Waals surface area contributed by atoms with Crippen LogP contribution in [0.25, 0.3) is 0 Å². The van der Waals surface area contributed by atoms with Gasteiger partial charge in [-0.25, -0.2) is 4.79 Å². The van der Waals surface area contributed by atoms with E-state index >= 15 is 0 Å². The van der Waals surface area contributed by atoms with Crippen LogP contribution in [0, 0.1) is 5.92 Å². The van der Waals surface area contributed by atoms with Crippen LogP contribution in [0.3, 0.4) is 0 Å². The highest BCUT2D eigenvalue weighted by Crippen LogP contribution is 2.49. The summed E-state index contributed by atoms with van der Waals surface area (Å²) in [5, 5.41) is 31.0. The molecule has 1 aromatic rings. The number of methoxy groups -OCH3 is 1. The molecule has 0 bridgehead atoms. The van der Waals surface area contributed by atoms with Crippen molar-refractivity contribution in [1.82, 2.24) is 4.90 Å². The van der Waals surface area contributed by atoms with Gasteiger partial charge in [0, 0.05) is 18.5 Å². The number of carbonyl (C=O) groups is 2. The van der Waals surface area contributed by atoms with Crippen molar-refractivity contribution in [3.05, 3.63) is 35.1 Å². The zero-order valence-electron chi connectivity index (χ0n) is 22.9. The average molecular weight is 546 g/mol. The summed E-state index contributed by atoms with van der Waals surface area (Å²) >= 11 is 0. The fourth-order valence-electron chi connectivity index (χ4n) is 6.72. The first-order chi connectivity index (χ1) is 18.5. The molecule has 0 saturated carbocycles. The molecule has 214 valence electrons. The molecule has 39 heavy (non-hydrogen) atoms. The van der Waals surface area contributed by atoms with Crippen LogP contribution < -0.4 is 9.47 Å². The number of carboxylic acid groups (broad SMARTS) is 1. The second kappa shape index (κ2) is 10.6. The third kappa shape index (κ3) is 5.60. The fraction of sp³-hybridized carbons (Fsp3) is 0.655. The number of aliphatic hydroxyl groups is 2. The second-order valence-corrected chi connectivity index (χ2v) is 11.9. The topological polar surface area (TPSA) is 135 Å². The summed E-state index contributed by atoms with van der Waals surface area (Å²) in [6.07, 6.45) is 3.58. The lowest BCUT2D eigenvalue weighted by Crippen LogP contribution is -2.55. The van der Waals surface area contributed by atoms with E-state index in [1.165, 1.54) is 7.11 Å². The Bertz CT molecular complexity index is 1140. The lowest BCUT2D eigenvalue weighted by atomic mass is 9.71. The van der Waals surface area contributed by atoms with Crippen LogP contribution in [0.15, 0.2) is 24.0 Å². The maximum absolute atomic E-state index is 13.7. The Kier molecular flexibility index (Phi) is 7.56. The molecular weight excluding hydrogens is 506 g/mol. The quantitative estimate of drug-likeness (QED) is 0.398. The maximum atomic E-state index is 13.7. The predicted octanol–water partition coefficient (Wildman–Crippen LogP) is 2.74. The monoisotopic (exact) mass is 545 g/mol. The molecule has 3 aliphatic heterocycles. The smallest absolute Gasteiger partial charge is 0.339 e. The van der Waals surface area contributed by atoms with Gasteiger partial charge in [0.15, 0.2) is 23.2 Å². The van der Waals surface area contributed by atoms with Crippen LogP contribution in [-0.4, -0.2) is 82.5 Å². The van der Waals surface area contributed by atoms with Gasteiger partial charge in [-0.1, -0.05) is 0 Å². The number of aliphatic carboxylic acids is 1. The normalized spacial score (nSPS) is 27.4. The number of carboxylic acids is 1. The van der Waals surface area contributed by atoms with Crippen LogP contribution in [0.1, 0.15) is 69.4 Å². The van der Waals surface area contributed by atoms with E-state index in [1.807, 2.05) is 18.2 Å². The first-order valence-corrected chi connectivity index (χ1v) is 13.8. The van der Waals surface area contributed by atoms with Crippen molar-refractivity contribution in [2.75, 3.05) is 27.0 Å². The number of fused-ring (bicyclic) bond motifs is 3. The van der Waals surface area contributed by atoms with E-state index in [0.29, 0.717) is 17.3 Å². The standard InChI is InChI=1S/C29H39NO9/c1-28(2,34)8-5-9-29(35,15-23(31)32)27(33)39-26-22(36-3)13-18-6-4-10-30-11-7-17-12-20-21(38-16-37-20)14-19(17)24(26)25(18)30/h12-14,18,24-26,34-35H,4-11,15-16H2,1-3H3,(H,31,32)/t18-,24+,25-,26-,29-/m1/s1. The van der Waals surface area contributed by atoms with Crippen LogP contribution in [0.5, 0.6) is 11.5 Å². The lowest BCUT2D eigenvalue weighted by molar-refractivity contribution is -0.179. The van der Waals surface area contributed by atoms with E-state index in [1.54, 1.807) is 13.8 Å². The molecule has 0 spiro atoms. The van der Waals surface area contributed by atoms with Crippen LogP contribution in [0.4, 0.5) is 0 Å². The molecule has 5 atom stereocenters. The van der Waals surface area contributed by atoms with Crippen LogP contribution in [0.2, 0.25) is 0 Å². The lowest BCUT2D eigenvalue weighted by Gasteiger charge is -2.48. The third-order valence-corrected chi connectivity index (χ3v) is 8.53. The number of esters is 1. The number of nitrogens with zero attached hydrogens (tertiary/aromatic N) is 1. The van der Waals surface area contributed by atoms with E-state index in [4.69, 9.17) is 18.9 Å². The number of benzene rings is 1. The minimum Gasteiger partial charge on any atom is -0.497 e. The molecule has 0 radical (unpaired) electrons. The minimum atomic E-state index is -2.25. The summed E-state index contributed by atoms with van der Waals surface area (Å²) in [6.45, 7) is 5.17. The zero-order valence-corrected chi connectivity index (χ0v) is 22.9. The Labute approximate surface area is 228 Å². The van der Waals surface area contributed by atoms with E-state index in [-0.39, 0.29) is 43.9 Å². The Morgan fingerprint density at radius 1 is 1.13 bits per heavy atom. The minimum absolute atomic E-state index is 0.0415. The Morgan fingerprint density at radius 2 is 1.87 bits per heavy atom. The Balaban J connectivity index is 1.52. The molecular formula is C29H39NO9. The zero-order chi connectivity index (χ0) is 27.9. The summed E-state index contributed by atoms with van der Waals surface area (Å²) in [7, 11) is 1.54. The van der Waals surface area contributed by atoms with Crippen molar-refractivity contribution in [3.8, 4) is 11.5 Å². The first-order valence-electron chi connectivity index (χ1n) is 13.8. The summed E-state index contributed by atoms with van der Waals surface area (Å²) < 4.78 is 23.2. The van der Waals surface area contributed by atoms with Crippen molar-refractivity contribution >= 4 is 11.9 Å². The van der Waals surface area contributed by atoms with Crippen LogP contribution in [-0.2, 0) is 25.5 Å². The third-order valence-electron chi connectivity index (χ3n) is 8.53. The predicted molar refractivity (Wildman–Crippen MR) is 139 cm³/mol. The van der Waals surface area contributed by atoms with E-state index in [2.05, 4.69) is 4.90 Å². The number of rotatable bonds is 9. The van der Waals surface area contributed by atoms with Gasteiger partial charge in [-0.2, -0.15) is 0 Å². The number of hydrogen-bond acceptors (Lipinski definition) is 9. The molecule has 10 nitrogen and oxygen atoms in total. The van der Waals surface area contributed by atoms with Gasteiger partial charge >= 0.3 is 11.9 Å². The van der Waals surface area contributed by atoms with E-state index < -0.39 is 35.7 Å². The largest absolute Gasteiger partial charge is 0.497 e. The molecule has 1 aliphatic carbocycles. The van der Waals surface area contributed by atoms with Crippen molar-refractivity contribution in [1.29, 1.82) is 0 Å². The maximum Gasteiger partial charge on any atom is 0.339 e. The molecule has 4 aliphatic rings. The molecule has 0 aromatic heterocycles. The van der Waals surface area contributed by atoms with E-state index in [9.17, 15) is 24.9 Å². The molecule has 1 fully saturated rings. The molecule has 5 rings (SSSR count). The van der Waals surface area contributed by atoms with Gasteiger partial charge in [-0.3, -0.25) is 9.69 Å². The Hall–Kier alpha value is -2.82. The summed E-state index contributed by atoms with van der Waals surface area (Å²) in [5.74, 6) is -0.597. The molecule has 3 N–H and O–H groups in total. The number of hydrogen-bond donors (Lipinski definition) is 3. The summed E-state index contributed by atoms with van der Waals surface area (Å²) in [5.41, 5.74) is -1.19. The molecule has 0 unspecified atom stereocenters. The summed E-state index contributed by atoms with van der Waals surface area (Å²) in [4.78, 5) is 27.8. The average Bonchev–Trinajstić information content (AvgIpc) is 3.25. The highest BCUT2D eigenvalue weighted by molar-refractivity contribution is 5.85. The van der Waals surface area contributed by atoms with Crippen molar-refractivity contribution in [3.63, 3.8) is 0 Å². The van der Waals surface area contributed by atoms with Gasteiger partial charge in [0.2, 0.25) is 6.79 Å². The molecule has 10 heteroatoms. The fourth-order valence-corrected chi connectivity index (χ4v) is 6.72. The molecule has 0 amide bonds. The van der Waals surface area contributed by atoms with Gasteiger partial charge in [-0.15, -0.1) is 0 Å². The van der Waals surface area contributed by atoms with Gasteiger partial charge in [0.25, 0.3) is 0 Å². The highest BCUT2D eigenvalue weighted by Gasteiger charge is 2.51. The molecule has 1 aromatic carbocycles.